The Kier molecular flexibility index (Phi) is 3.18. The first-order chi connectivity index (χ1) is 9.72. The fourth-order valence-corrected chi connectivity index (χ4v) is 2.51. The van der Waals surface area contributed by atoms with Gasteiger partial charge in [-0.05, 0) is 19.1 Å². The monoisotopic (exact) mass is 271 g/mol. The van der Waals surface area contributed by atoms with Gasteiger partial charge in [0.25, 0.3) is 0 Å². The van der Waals surface area contributed by atoms with E-state index in [0.29, 0.717) is 0 Å². The quantitative estimate of drug-likeness (QED) is 0.929. The molecule has 1 N–H and O–H groups in total. The van der Waals surface area contributed by atoms with Crippen LogP contribution in [0.5, 0.6) is 11.5 Å². The molecular weight excluding hydrogens is 254 g/mol. The molecule has 2 heterocycles. The summed E-state index contributed by atoms with van der Waals surface area (Å²) in [5, 5.41) is 3.05. The van der Waals surface area contributed by atoms with Crippen molar-refractivity contribution >= 4 is 5.82 Å². The van der Waals surface area contributed by atoms with Crippen LogP contribution in [0.15, 0.2) is 24.5 Å². The zero-order valence-electron chi connectivity index (χ0n) is 11.8. The molecule has 1 aliphatic rings. The number of hydrogen-bond donors (Lipinski definition) is 1. The van der Waals surface area contributed by atoms with E-state index in [9.17, 15) is 0 Å². The number of nitrogens with one attached hydrogen (secondary N) is 1. The molecule has 3 rings (SSSR count). The summed E-state index contributed by atoms with van der Waals surface area (Å²) in [6, 6.07) is 4.02. The Morgan fingerprint density at radius 3 is 2.85 bits per heavy atom. The Morgan fingerprint density at radius 2 is 2.10 bits per heavy atom. The Balaban J connectivity index is 2.16. The van der Waals surface area contributed by atoms with Gasteiger partial charge < -0.3 is 14.8 Å². The van der Waals surface area contributed by atoms with Gasteiger partial charge in [0.05, 0.1) is 7.11 Å². The van der Waals surface area contributed by atoms with E-state index < -0.39 is 0 Å². The summed E-state index contributed by atoms with van der Waals surface area (Å²) in [7, 11) is 3.49. The van der Waals surface area contributed by atoms with Gasteiger partial charge in [-0.15, -0.1) is 0 Å². The Hall–Kier alpha value is -2.30. The molecule has 0 saturated heterocycles. The molecule has 0 radical (unpaired) electrons. The molecule has 1 aromatic heterocycles. The van der Waals surface area contributed by atoms with Gasteiger partial charge in [0, 0.05) is 37.0 Å². The lowest BCUT2D eigenvalue weighted by Crippen LogP contribution is -2.05. The van der Waals surface area contributed by atoms with Crippen molar-refractivity contribution in [3.63, 3.8) is 0 Å². The number of benzene rings is 1. The second-order valence-corrected chi connectivity index (χ2v) is 4.80. The number of ether oxygens (including phenoxy) is 2. The van der Waals surface area contributed by atoms with Crippen LogP contribution in [0.25, 0.3) is 11.3 Å². The average molecular weight is 271 g/mol. The molecule has 2 aromatic rings. The van der Waals surface area contributed by atoms with Crippen molar-refractivity contribution in [3.8, 4) is 22.8 Å². The van der Waals surface area contributed by atoms with Gasteiger partial charge in [0.2, 0.25) is 0 Å². The van der Waals surface area contributed by atoms with Crippen LogP contribution in [0.3, 0.4) is 0 Å². The molecule has 1 unspecified atom stereocenters. The molecular formula is C15H17N3O2. The van der Waals surface area contributed by atoms with Crippen LogP contribution in [0.1, 0.15) is 12.5 Å². The highest BCUT2D eigenvalue weighted by Crippen LogP contribution is 2.40. The first-order valence-corrected chi connectivity index (χ1v) is 6.59. The van der Waals surface area contributed by atoms with Crippen molar-refractivity contribution < 1.29 is 9.47 Å². The lowest BCUT2D eigenvalue weighted by atomic mass is 10.0. The maximum Gasteiger partial charge on any atom is 0.152 e. The van der Waals surface area contributed by atoms with Crippen LogP contribution in [-0.4, -0.2) is 30.2 Å². The molecule has 20 heavy (non-hydrogen) atoms. The van der Waals surface area contributed by atoms with Gasteiger partial charge in [-0.1, -0.05) is 0 Å². The van der Waals surface area contributed by atoms with Crippen LogP contribution in [0, 0.1) is 0 Å². The minimum absolute atomic E-state index is 0.204. The predicted molar refractivity (Wildman–Crippen MR) is 77.4 cm³/mol. The summed E-state index contributed by atoms with van der Waals surface area (Å²) in [6.45, 7) is 2.06. The van der Waals surface area contributed by atoms with Crippen LogP contribution in [-0.2, 0) is 6.42 Å². The van der Waals surface area contributed by atoms with Crippen LogP contribution in [0.2, 0.25) is 0 Å². The number of fused-ring (bicyclic) bond motifs is 1. The molecule has 0 spiro atoms. The lowest BCUT2D eigenvalue weighted by molar-refractivity contribution is 0.254. The van der Waals surface area contributed by atoms with E-state index >= 15 is 0 Å². The molecule has 5 heteroatoms. The van der Waals surface area contributed by atoms with Gasteiger partial charge in [-0.2, -0.15) is 0 Å². The number of methoxy groups -OCH3 is 1. The second-order valence-electron chi connectivity index (χ2n) is 4.80. The highest BCUT2D eigenvalue weighted by molar-refractivity contribution is 5.78. The van der Waals surface area contributed by atoms with Crippen LogP contribution < -0.4 is 14.8 Å². The summed E-state index contributed by atoms with van der Waals surface area (Å²) in [4.78, 5) is 8.70. The average Bonchev–Trinajstić information content (AvgIpc) is 2.84. The highest BCUT2D eigenvalue weighted by Gasteiger charge is 2.23. The van der Waals surface area contributed by atoms with Gasteiger partial charge >= 0.3 is 0 Å². The van der Waals surface area contributed by atoms with E-state index in [1.165, 1.54) is 5.56 Å². The first kappa shape index (κ1) is 12.7. The second kappa shape index (κ2) is 5.00. The number of rotatable bonds is 3. The molecule has 1 aromatic carbocycles. The summed E-state index contributed by atoms with van der Waals surface area (Å²) >= 11 is 0. The van der Waals surface area contributed by atoms with Crippen molar-refractivity contribution in [2.45, 2.75) is 19.4 Å². The third-order valence-corrected chi connectivity index (χ3v) is 3.41. The molecule has 0 aliphatic carbocycles. The third kappa shape index (κ3) is 2.05. The summed E-state index contributed by atoms with van der Waals surface area (Å²) < 4.78 is 11.3. The minimum atomic E-state index is 0.204. The van der Waals surface area contributed by atoms with Gasteiger partial charge in [0.1, 0.15) is 23.3 Å². The van der Waals surface area contributed by atoms with Crippen molar-refractivity contribution in [3.05, 3.63) is 30.1 Å². The molecule has 5 nitrogen and oxygen atoms in total. The number of aromatic nitrogens is 2. The maximum atomic E-state index is 5.82. The largest absolute Gasteiger partial charge is 0.496 e. The molecule has 1 aliphatic heterocycles. The zero-order chi connectivity index (χ0) is 14.1. The summed E-state index contributed by atoms with van der Waals surface area (Å²) in [6.07, 6.45) is 4.45. The molecule has 0 saturated carbocycles. The first-order valence-electron chi connectivity index (χ1n) is 6.59. The van der Waals surface area contributed by atoms with Crippen LogP contribution >= 0.6 is 0 Å². The summed E-state index contributed by atoms with van der Waals surface area (Å²) in [5.74, 6) is 2.41. The fourth-order valence-electron chi connectivity index (χ4n) is 2.51. The van der Waals surface area contributed by atoms with E-state index in [2.05, 4.69) is 22.2 Å². The fraction of sp³-hybridized carbons (Fsp3) is 0.333. The van der Waals surface area contributed by atoms with Crippen molar-refractivity contribution in [1.82, 2.24) is 9.97 Å². The van der Waals surface area contributed by atoms with Crippen molar-refractivity contribution in [2.24, 2.45) is 0 Å². The molecule has 0 fully saturated rings. The molecule has 1 atom stereocenters. The van der Waals surface area contributed by atoms with E-state index in [0.717, 1.165) is 35.0 Å². The van der Waals surface area contributed by atoms with E-state index in [-0.39, 0.29) is 6.10 Å². The van der Waals surface area contributed by atoms with Gasteiger partial charge in [-0.25, -0.2) is 4.98 Å². The zero-order valence-corrected chi connectivity index (χ0v) is 11.8. The number of nitrogens with zero attached hydrogens (tertiary/aromatic N) is 2. The van der Waals surface area contributed by atoms with E-state index in [4.69, 9.17) is 9.47 Å². The predicted octanol–water partition coefficient (Wildman–Crippen LogP) is 2.52. The maximum absolute atomic E-state index is 5.82. The standard InChI is InChI=1S/C15H17N3O2/c1-9-6-10-7-13(19-3)11(8-12(10)20-9)14-15(16-2)18-5-4-17-14/h4-5,7-9H,6H2,1-3H3,(H,16,18). The molecule has 0 amide bonds. The Labute approximate surface area is 118 Å². The molecule has 0 bridgehead atoms. The van der Waals surface area contributed by atoms with Crippen molar-refractivity contribution in [2.75, 3.05) is 19.5 Å². The van der Waals surface area contributed by atoms with Gasteiger partial charge in [-0.3, -0.25) is 4.98 Å². The molecule has 104 valence electrons. The number of anilines is 1. The Bertz CT molecular complexity index is 643. The normalized spacial score (nSPS) is 16.4. The topological polar surface area (TPSA) is 56.3 Å². The summed E-state index contributed by atoms with van der Waals surface area (Å²) in [5.41, 5.74) is 2.82. The van der Waals surface area contributed by atoms with Crippen LogP contribution in [0.4, 0.5) is 5.82 Å². The smallest absolute Gasteiger partial charge is 0.152 e. The van der Waals surface area contributed by atoms with E-state index in [1.54, 1.807) is 19.5 Å². The SMILES string of the molecule is CNc1nccnc1-c1cc2c(cc1OC)CC(C)O2. The van der Waals surface area contributed by atoms with Crippen molar-refractivity contribution in [1.29, 1.82) is 0 Å². The van der Waals surface area contributed by atoms with Gasteiger partial charge in [0.15, 0.2) is 5.82 Å². The minimum Gasteiger partial charge on any atom is -0.496 e. The lowest BCUT2D eigenvalue weighted by Gasteiger charge is -2.12. The van der Waals surface area contributed by atoms with E-state index in [1.807, 2.05) is 19.2 Å². The number of hydrogen-bond acceptors (Lipinski definition) is 5. The Morgan fingerprint density at radius 1 is 1.30 bits per heavy atom. The third-order valence-electron chi connectivity index (χ3n) is 3.41. The highest BCUT2D eigenvalue weighted by atomic mass is 16.5.